The lowest BCUT2D eigenvalue weighted by atomic mass is 10.2. The molecule has 70 valence electrons. The first kappa shape index (κ1) is 9.92. The number of hydrogen-bond acceptors (Lipinski definition) is 3. The van der Waals surface area contributed by atoms with E-state index < -0.39 is 5.97 Å². The normalized spacial score (nSPS) is 9.62. The van der Waals surface area contributed by atoms with Crippen molar-refractivity contribution in [1.82, 2.24) is 0 Å². The minimum Gasteiger partial charge on any atom is -0.478 e. The average molecular weight is 197 g/mol. The monoisotopic (exact) mass is 197 g/mol. The maximum absolute atomic E-state index is 10.7. The molecule has 0 aliphatic rings. The lowest BCUT2D eigenvalue weighted by Crippen LogP contribution is -2.08. The van der Waals surface area contributed by atoms with Gasteiger partial charge < -0.3 is 10.4 Å². The van der Waals surface area contributed by atoms with Crippen molar-refractivity contribution in [2.24, 2.45) is 0 Å². The van der Waals surface area contributed by atoms with Crippen LogP contribution in [0.2, 0.25) is 0 Å². The number of thiol groups is 1. The van der Waals surface area contributed by atoms with E-state index in [0.717, 1.165) is 0 Å². The van der Waals surface area contributed by atoms with Gasteiger partial charge in [0.25, 0.3) is 0 Å². The van der Waals surface area contributed by atoms with Gasteiger partial charge in [0.05, 0.1) is 5.56 Å². The molecule has 0 amide bonds. The minimum atomic E-state index is -0.915. The fourth-order valence-electron chi connectivity index (χ4n) is 1.01. The molecule has 0 fully saturated rings. The van der Waals surface area contributed by atoms with Gasteiger partial charge in [0.2, 0.25) is 0 Å². The van der Waals surface area contributed by atoms with Crippen molar-refractivity contribution in [2.75, 3.05) is 17.6 Å². The molecule has 1 aromatic rings. The Hall–Kier alpha value is -1.16. The third-order valence-corrected chi connectivity index (χ3v) is 1.81. The summed E-state index contributed by atoms with van der Waals surface area (Å²) in [6, 6.07) is 6.82. The number of aromatic carboxylic acids is 1. The van der Waals surface area contributed by atoms with Crippen molar-refractivity contribution in [2.45, 2.75) is 0 Å². The van der Waals surface area contributed by atoms with Crippen LogP contribution in [0, 0.1) is 0 Å². The van der Waals surface area contributed by atoms with Crippen molar-refractivity contribution in [3.8, 4) is 0 Å². The predicted octanol–water partition coefficient (Wildman–Crippen LogP) is 1.73. The molecule has 0 unspecified atom stereocenters. The van der Waals surface area contributed by atoms with E-state index in [1.807, 2.05) is 0 Å². The summed E-state index contributed by atoms with van der Waals surface area (Å²) in [5.41, 5.74) is 0.938. The Labute approximate surface area is 82.2 Å². The Balaban J connectivity index is 2.84. The minimum absolute atomic E-state index is 0.296. The lowest BCUT2D eigenvalue weighted by Gasteiger charge is -2.06. The van der Waals surface area contributed by atoms with Crippen LogP contribution in [0.4, 0.5) is 5.69 Å². The molecule has 13 heavy (non-hydrogen) atoms. The van der Waals surface area contributed by atoms with Crippen LogP contribution < -0.4 is 5.32 Å². The van der Waals surface area contributed by atoms with Gasteiger partial charge in [-0.15, -0.1) is 0 Å². The van der Waals surface area contributed by atoms with Crippen LogP contribution in [0.1, 0.15) is 10.4 Å². The molecule has 4 heteroatoms. The maximum Gasteiger partial charge on any atom is 0.337 e. The molecule has 0 saturated carbocycles. The fourth-order valence-corrected chi connectivity index (χ4v) is 1.13. The van der Waals surface area contributed by atoms with Crippen molar-refractivity contribution < 1.29 is 9.90 Å². The number of para-hydroxylation sites is 1. The van der Waals surface area contributed by atoms with E-state index in [1.54, 1.807) is 24.3 Å². The number of nitrogens with one attached hydrogen (secondary N) is 1. The topological polar surface area (TPSA) is 49.3 Å². The SMILES string of the molecule is O=C(O)c1ccccc1NCCS. The molecule has 0 radical (unpaired) electrons. The number of carboxylic acids is 1. The number of carbonyl (C=O) groups is 1. The van der Waals surface area contributed by atoms with Crippen LogP contribution in [0.15, 0.2) is 24.3 Å². The second-order valence-electron chi connectivity index (χ2n) is 2.50. The molecule has 0 heterocycles. The van der Waals surface area contributed by atoms with E-state index in [0.29, 0.717) is 23.5 Å². The standard InChI is InChI=1S/C9H11NO2S/c11-9(12)7-3-1-2-4-8(7)10-5-6-13/h1-4,10,13H,5-6H2,(H,11,12). The third kappa shape index (κ3) is 2.66. The van der Waals surface area contributed by atoms with E-state index in [-0.39, 0.29) is 0 Å². The van der Waals surface area contributed by atoms with Crippen molar-refractivity contribution >= 4 is 24.3 Å². The molecule has 0 aliphatic heterocycles. The molecule has 0 bridgehead atoms. The average Bonchev–Trinajstić information content (AvgIpc) is 2.15. The smallest absolute Gasteiger partial charge is 0.337 e. The second kappa shape index (κ2) is 4.77. The van der Waals surface area contributed by atoms with Gasteiger partial charge in [0.15, 0.2) is 0 Å². The number of carboxylic acid groups (broad SMARTS) is 1. The summed E-state index contributed by atoms with van der Waals surface area (Å²) >= 11 is 4.03. The molecule has 0 aromatic heterocycles. The molecular weight excluding hydrogens is 186 g/mol. The van der Waals surface area contributed by atoms with Crippen LogP contribution in [-0.2, 0) is 0 Å². The van der Waals surface area contributed by atoms with Crippen molar-refractivity contribution in [3.63, 3.8) is 0 Å². The number of benzene rings is 1. The number of rotatable bonds is 4. The number of hydrogen-bond donors (Lipinski definition) is 3. The Kier molecular flexibility index (Phi) is 3.64. The van der Waals surface area contributed by atoms with Crippen LogP contribution >= 0.6 is 12.6 Å². The van der Waals surface area contributed by atoms with E-state index in [1.165, 1.54) is 0 Å². The van der Waals surface area contributed by atoms with Crippen LogP contribution in [-0.4, -0.2) is 23.4 Å². The Morgan fingerprint density at radius 1 is 1.46 bits per heavy atom. The first-order valence-corrected chi connectivity index (χ1v) is 4.56. The van der Waals surface area contributed by atoms with E-state index in [4.69, 9.17) is 5.11 Å². The molecule has 2 N–H and O–H groups in total. The lowest BCUT2D eigenvalue weighted by molar-refractivity contribution is 0.0698. The summed E-state index contributed by atoms with van der Waals surface area (Å²) in [4.78, 5) is 10.7. The summed E-state index contributed by atoms with van der Waals surface area (Å²) < 4.78 is 0. The predicted molar refractivity (Wildman–Crippen MR) is 55.7 cm³/mol. The molecule has 0 spiro atoms. The zero-order chi connectivity index (χ0) is 9.68. The highest BCUT2D eigenvalue weighted by Crippen LogP contribution is 2.14. The van der Waals surface area contributed by atoms with Crippen molar-refractivity contribution in [1.29, 1.82) is 0 Å². The highest BCUT2D eigenvalue weighted by molar-refractivity contribution is 7.80. The van der Waals surface area contributed by atoms with Gasteiger partial charge in [0.1, 0.15) is 0 Å². The van der Waals surface area contributed by atoms with Gasteiger partial charge in [-0.1, -0.05) is 12.1 Å². The zero-order valence-corrected chi connectivity index (χ0v) is 7.92. The molecule has 3 nitrogen and oxygen atoms in total. The maximum atomic E-state index is 10.7. The molecule has 1 rings (SSSR count). The Morgan fingerprint density at radius 2 is 2.15 bits per heavy atom. The quantitative estimate of drug-likeness (QED) is 0.644. The fraction of sp³-hybridized carbons (Fsp3) is 0.222. The largest absolute Gasteiger partial charge is 0.478 e. The molecular formula is C9H11NO2S. The van der Waals surface area contributed by atoms with Crippen LogP contribution in [0.25, 0.3) is 0 Å². The van der Waals surface area contributed by atoms with Gasteiger partial charge in [-0.2, -0.15) is 12.6 Å². The Bertz CT molecular complexity index is 301. The molecule has 1 aromatic carbocycles. The molecule has 0 saturated heterocycles. The van der Waals surface area contributed by atoms with Gasteiger partial charge in [-0.3, -0.25) is 0 Å². The van der Waals surface area contributed by atoms with Gasteiger partial charge >= 0.3 is 5.97 Å². The van der Waals surface area contributed by atoms with Crippen LogP contribution in [0.5, 0.6) is 0 Å². The first-order valence-electron chi connectivity index (χ1n) is 3.92. The summed E-state index contributed by atoms with van der Waals surface area (Å²) in [6.07, 6.45) is 0. The highest BCUT2D eigenvalue weighted by Gasteiger charge is 2.07. The first-order chi connectivity index (χ1) is 6.25. The van der Waals surface area contributed by atoms with Gasteiger partial charge in [-0.25, -0.2) is 4.79 Å². The van der Waals surface area contributed by atoms with E-state index >= 15 is 0 Å². The van der Waals surface area contributed by atoms with E-state index in [2.05, 4.69) is 17.9 Å². The molecule has 0 atom stereocenters. The zero-order valence-electron chi connectivity index (χ0n) is 7.03. The molecule has 0 aliphatic carbocycles. The highest BCUT2D eigenvalue weighted by atomic mass is 32.1. The summed E-state index contributed by atoms with van der Waals surface area (Å²) in [5, 5.41) is 11.8. The van der Waals surface area contributed by atoms with Crippen molar-refractivity contribution in [3.05, 3.63) is 29.8 Å². The third-order valence-electron chi connectivity index (χ3n) is 1.58. The van der Waals surface area contributed by atoms with Crippen LogP contribution in [0.3, 0.4) is 0 Å². The summed E-state index contributed by atoms with van der Waals surface area (Å²) in [5.74, 6) is -0.240. The van der Waals surface area contributed by atoms with Gasteiger partial charge in [0, 0.05) is 18.0 Å². The summed E-state index contributed by atoms with van der Waals surface area (Å²) in [7, 11) is 0. The summed E-state index contributed by atoms with van der Waals surface area (Å²) in [6.45, 7) is 0.660. The Morgan fingerprint density at radius 3 is 2.77 bits per heavy atom. The number of anilines is 1. The van der Waals surface area contributed by atoms with E-state index in [9.17, 15) is 4.79 Å². The van der Waals surface area contributed by atoms with Gasteiger partial charge in [-0.05, 0) is 12.1 Å². The second-order valence-corrected chi connectivity index (χ2v) is 2.95.